The number of nitrogens with one attached hydrogen (secondary N) is 1. The molecule has 0 aromatic carbocycles. The van der Waals surface area contributed by atoms with E-state index in [0.29, 0.717) is 12.8 Å². The highest BCUT2D eigenvalue weighted by Crippen LogP contribution is 2.23. The van der Waals surface area contributed by atoms with Gasteiger partial charge in [0.1, 0.15) is 24.4 Å². The summed E-state index contributed by atoms with van der Waals surface area (Å²) in [7, 11) is 0. The fourth-order valence-corrected chi connectivity index (χ4v) is 9.28. The average Bonchev–Trinajstić information content (AvgIpc) is 3.28. The van der Waals surface area contributed by atoms with Crippen LogP contribution >= 0.6 is 0 Å². The molecule has 0 radical (unpaired) electrons. The number of aliphatic hydroxyl groups is 5. The second-order valence-corrected chi connectivity index (χ2v) is 19.7. The zero-order valence-corrected chi connectivity index (χ0v) is 41.6. The summed E-state index contributed by atoms with van der Waals surface area (Å²) in [6, 6.07) is -0.713. The molecule has 1 aliphatic rings. The Morgan fingerprint density at radius 2 is 0.794 bits per heavy atom. The second kappa shape index (κ2) is 45.0. The molecule has 7 unspecified atom stereocenters. The normalized spacial score (nSPS) is 20.0. The third kappa shape index (κ3) is 35.1. The average molecular weight is 898 g/mol. The molecule has 0 aliphatic carbocycles. The maximum absolute atomic E-state index is 13.1. The van der Waals surface area contributed by atoms with Gasteiger partial charge in [-0.1, -0.05) is 264 Å². The molecule has 63 heavy (non-hydrogen) atoms. The van der Waals surface area contributed by atoms with E-state index in [1.54, 1.807) is 0 Å². The fourth-order valence-electron chi connectivity index (χ4n) is 9.28. The Balaban J connectivity index is 2.20. The molecule has 7 atom stereocenters. The molecule has 0 aromatic rings. The van der Waals surface area contributed by atoms with Gasteiger partial charge in [-0.25, -0.2) is 0 Å². The molecule has 1 amide bonds. The van der Waals surface area contributed by atoms with Gasteiger partial charge < -0.3 is 40.3 Å². The molecular weight excluding hydrogens is 791 g/mol. The summed E-state index contributed by atoms with van der Waals surface area (Å²) in [4.78, 5) is 13.1. The molecule has 9 nitrogen and oxygen atoms in total. The predicted molar refractivity (Wildman–Crippen MR) is 263 cm³/mol. The number of carbonyl (C=O) groups excluding carboxylic acids is 1. The minimum absolute atomic E-state index is 0.131. The molecule has 0 bridgehead atoms. The van der Waals surface area contributed by atoms with Crippen LogP contribution in [-0.4, -0.2) is 87.5 Å². The lowest BCUT2D eigenvalue weighted by Gasteiger charge is -2.40. The summed E-state index contributed by atoms with van der Waals surface area (Å²) in [6.07, 6.45) is 45.5. The van der Waals surface area contributed by atoms with Crippen molar-refractivity contribution in [3.05, 3.63) is 0 Å². The van der Waals surface area contributed by atoms with Crippen molar-refractivity contribution in [2.75, 3.05) is 13.2 Å². The van der Waals surface area contributed by atoms with E-state index in [9.17, 15) is 30.3 Å². The van der Waals surface area contributed by atoms with Gasteiger partial charge in [0, 0.05) is 6.42 Å². The third-order valence-corrected chi connectivity index (χ3v) is 13.7. The summed E-state index contributed by atoms with van der Waals surface area (Å²) in [6.45, 7) is 3.88. The molecule has 1 fully saturated rings. The van der Waals surface area contributed by atoms with Gasteiger partial charge in [-0.3, -0.25) is 4.79 Å². The Morgan fingerprint density at radius 3 is 1.13 bits per heavy atom. The highest BCUT2D eigenvalue weighted by atomic mass is 16.7. The van der Waals surface area contributed by atoms with Crippen molar-refractivity contribution in [2.24, 2.45) is 0 Å². The SMILES string of the molecule is CCCCCCCCCCCCCCCCCCCCCCCCCC(=O)NC(COC1OC(CO)C(O)C(O)C1O)C(O)CCCCCCCCCCCCCCCCCCC. The smallest absolute Gasteiger partial charge is 0.220 e. The zero-order valence-electron chi connectivity index (χ0n) is 41.6. The van der Waals surface area contributed by atoms with Crippen molar-refractivity contribution in [1.82, 2.24) is 5.32 Å². The maximum Gasteiger partial charge on any atom is 0.220 e. The van der Waals surface area contributed by atoms with Crippen LogP contribution in [-0.2, 0) is 14.3 Å². The van der Waals surface area contributed by atoms with Crippen molar-refractivity contribution in [2.45, 2.75) is 326 Å². The lowest BCUT2D eigenvalue weighted by atomic mass is 9.99. The first-order chi connectivity index (χ1) is 30.8. The highest BCUT2D eigenvalue weighted by Gasteiger charge is 2.44. The largest absolute Gasteiger partial charge is 0.394 e. The predicted octanol–water partition coefficient (Wildman–Crippen LogP) is 13.1. The summed E-state index contributed by atoms with van der Waals surface area (Å²) >= 11 is 0. The number of hydrogen-bond donors (Lipinski definition) is 6. The summed E-state index contributed by atoms with van der Waals surface area (Å²) < 4.78 is 11.3. The molecule has 1 heterocycles. The van der Waals surface area contributed by atoms with Crippen LogP contribution in [0.2, 0.25) is 0 Å². The molecule has 1 saturated heterocycles. The first-order valence-corrected chi connectivity index (χ1v) is 27.7. The molecular formula is C54H107NO8. The third-order valence-electron chi connectivity index (χ3n) is 13.7. The topological polar surface area (TPSA) is 149 Å². The van der Waals surface area contributed by atoms with Gasteiger partial charge in [0.05, 0.1) is 25.4 Å². The molecule has 376 valence electrons. The van der Waals surface area contributed by atoms with Crippen LogP contribution in [0.1, 0.15) is 284 Å². The number of aliphatic hydroxyl groups excluding tert-OH is 5. The Bertz CT molecular complexity index is 955. The number of amides is 1. The van der Waals surface area contributed by atoms with Gasteiger partial charge in [-0.2, -0.15) is 0 Å². The van der Waals surface area contributed by atoms with Gasteiger partial charge in [-0.15, -0.1) is 0 Å². The van der Waals surface area contributed by atoms with E-state index in [1.165, 1.54) is 218 Å². The fraction of sp³-hybridized carbons (Fsp3) is 0.981. The van der Waals surface area contributed by atoms with E-state index in [-0.39, 0.29) is 12.5 Å². The molecule has 1 rings (SSSR count). The van der Waals surface area contributed by atoms with E-state index >= 15 is 0 Å². The first kappa shape index (κ1) is 60.2. The molecule has 0 saturated carbocycles. The Morgan fingerprint density at radius 1 is 0.476 bits per heavy atom. The van der Waals surface area contributed by atoms with E-state index in [0.717, 1.165) is 38.5 Å². The number of hydrogen-bond acceptors (Lipinski definition) is 8. The quantitative estimate of drug-likeness (QED) is 0.0331. The van der Waals surface area contributed by atoms with Crippen LogP contribution in [0.5, 0.6) is 0 Å². The van der Waals surface area contributed by atoms with Crippen molar-refractivity contribution >= 4 is 5.91 Å². The summed E-state index contributed by atoms with van der Waals surface area (Å²) in [5.74, 6) is -0.137. The lowest BCUT2D eigenvalue weighted by molar-refractivity contribution is -0.302. The zero-order chi connectivity index (χ0) is 45.9. The Labute approximate surface area is 389 Å². The first-order valence-electron chi connectivity index (χ1n) is 27.7. The number of unbranched alkanes of at least 4 members (excludes halogenated alkanes) is 38. The molecule has 1 aliphatic heterocycles. The summed E-state index contributed by atoms with van der Waals surface area (Å²) in [5.41, 5.74) is 0. The van der Waals surface area contributed by atoms with Gasteiger partial charge >= 0.3 is 0 Å². The maximum atomic E-state index is 13.1. The van der Waals surface area contributed by atoms with Crippen LogP contribution in [0.3, 0.4) is 0 Å². The van der Waals surface area contributed by atoms with Gasteiger partial charge in [0.15, 0.2) is 6.29 Å². The standard InChI is InChI=1S/C54H107NO8/c1-3-5-7-9-11-13-15-17-19-21-22-23-24-25-26-28-30-32-34-36-38-40-42-44-50(58)55-47(46-62-54-53(61)52(60)51(59)49(45-56)63-54)48(57)43-41-39-37-35-33-31-29-27-20-18-16-14-12-10-8-6-4-2/h47-49,51-54,56-57,59-61H,3-46H2,1-2H3,(H,55,58). The van der Waals surface area contributed by atoms with E-state index in [4.69, 9.17) is 9.47 Å². The number of carbonyl (C=O) groups is 1. The molecule has 6 N–H and O–H groups in total. The monoisotopic (exact) mass is 898 g/mol. The Kier molecular flexibility index (Phi) is 43.0. The van der Waals surface area contributed by atoms with E-state index in [2.05, 4.69) is 19.2 Å². The van der Waals surface area contributed by atoms with Crippen molar-refractivity contribution in [3.63, 3.8) is 0 Å². The van der Waals surface area contributed by atoms with Crippen LogP contribution in [0.4, 0.5) is 0 Å². The van der Waals surface area contributed by atoms with Crippen LogP contribution in [0.15, 0.2) is 0 Å². The second-order valence-electron chi connectivity index (χ2n) is 19.7. The summed E-state index contributed by atoms with van der Waals surface area (Å²) in [5, 5.41) is 54.6. The number of rotatable bonds is 48. The Hall–Kier alpha value is -0.810. The van der Waals surface area contributed by atoms with Gasteiger partial charge in [0.2, 0.25) is 5.91 Å². The van der Waals surface area contributed by atoms with Gasteiger partial charge in [0.25, 0.3) is 0 Å². The molecule has 0 spiro atoms. The van der Waals surface area contributed by atoms with Crippen LogP contribution in [0, 0.1) is 0 Å². The van der Waals surface area contributed by atoms with Crippen LogP contribution in [0.25, 0.3) is 0 Å². The highest BCUT2D eigenvalue weighted by molar-refractivity contribution is 5.76. The minimum Gasteiger partial charge on any atom is -0.394 e. The molecule has 0 aromatic heterocycles. The molecule has 9 heteroatoms. The minimum atomic E-state index is -1.55. The van der Waals surface area contributed by atoms with E-state index < -0.39 is 49.5 Å². The lowest BCUT2D eigenvalue weighted by Crippen LogP contribution is -2.60. The van der Waals surface area contributed by atoms with E-state index in [1.807, 2.05) is 0 Å². The van der Waals surface area contributed by atoms with Crippen LogP contribution < -0.4 is 5.32 Å². The van der Waals surface area contributed by atoms with Crippen molar-refractivity contribution in [3.8, 4) is 0 Å². The van der Waals surface area contributed by atoms with Gasteiger partial charge in [-0.05, 0) is 12.8 Å². The van der Waals surface area contributed by atoms with Crippen molar-refractivity contribution < 1.29 is 39.8 Å². The van der Waals surface area contributed by atoms with Crippen molar-refractivity contribution in [1.29, 1.82) is 0 Å². The number of ether oxygens (including phenoxy) is 2.